The summed E-state index contributed by atoms with van der Waals surface area (Å²) in [5.41, 5.74) is 7.75. The van der Waals surface area contributed by atoms with E-state index in [9.17, 15) is 0 Å². The molecule has 639 valence electrons. The first kappa shape index (κ1) is 108. The van der Waals surface area contributed by atoms with Crippen LogP contribution in [0.1, 0.15) is 194 Å². The Hall–Kier alpha value is -13.0. The molecule has 0 fully saturated rings. The van der Waals surface area contributed by atoms with E-state index in [0.29, 0.717) is 23.2 Å². The van der Waals surface area contributed by atoms with Gasteiger partial charge >= 0.3 is 76.2 Å². The van der Waals surface area contributed by atoms with Crippen molar-refractivity contribution >= 4 is 70.1 Å². The summed E-state index contributed by atoms with van der Waals surface area (Å²) >= 11 is 0. The highest BCUT2D eigenvalue weighted by Gasteiger charge is 2.32. The summed E-state index contributed by atoms with van der Waals surface area (Å²) in [7, 11) is 11.3. The van der Waals surface area contributed by atoms with Crippen molar-refractivity contribution in [3.8, 4) is 103 Å². The SMILES string of the molecule is CC.CC.CC.CC.CC.CC.CC.CC.CC.CC.CC.CC.CC.CC.[B]1Oc2ccccc2-n2ccnc21.[B]1Oc2cccnc2-n2ccnc21.[B]1Oc2ccncc2-n2ccnc21.[B]1Oc2cnccc2-c2nccc[n+]21.[B]1Oc2cncnc2-c2nccc[n+]21.[B]1Oc2ncccc2-c2nccc[n+]21.[B]1Oc2ncncc2-c2nccc[n+]21. The fraction of sp³-hybridized carbons (Fsp3) is 0.322. The summed E-state index contributed by atoms with van der Waals surface area (Å²) in [4.78, 5) is 61.6. The summed E-state index contributed by atoms with van der Waals surface area (Å²) in [5.74, 6) is 9.00. The first-order chi connectivity index (χ1) is 61.1. The molecule has 0 N–H and O–H groups in total. The van der Waals surface area contributed by atoms with Crippen LogP contribution in [0.5, 0.6) is 40.5 Å². The molecule has 0 amide bonds. The Morgan fingerprint density at radius 1 is 0.252 bits per heavy atom. The first-order valence-electron chi connectivity index (χ1n) is 42.7. The Morgan fingerprint density at radius 2 is 0.642 bits per heavy atom. The molecule has 0 spiro atoms. The van der Waals surface area contributed by atoms with Crippen LogP contribution in [0.15, 0.2) is 234 Å². The zero-order valence-corrected chi connectivity index (χ0v) is 77.2. The van der Waals surface area contributed by atoms with Gasteiger partial charge in [0.1, 0.15) is 100.0 Å². The lowest BCUT2D eigenvalue weighted by Gasteiger charge is -2.17. The van der Waals surface area contributed by atoms with Gasteiger partial charge in [0.2, 0.25) is 11.8 Å². The highest BCUT2D eigenvalue weighted by molar-refractivity contribution is 6.47. The van der Waals surface area contributed by atoms with Gasteiger partial charge in [-0.1, -0.05) is 221 Å². The second-order valence-corrected chi connectivity index (χ2v) is 19.8. The number of rotatable bonds is 0. The monoisotopic (exact) mass is 1660 g/mol. The summed E-state index contributed by atoms with van der Waals surface area (Å²) < 4.78 is 50.5. The molecular formula is C87H122B7N22O7+4. The van der Waals surface area contributed by atoms with Crippen LogP contribution in [0, 0.1) is 0 Å². The fourth-order valence-electron chi connectivity index (χ4n) is 9.78. The predicted octanol–water partition coefficient (Wildman–Crippen LogP) is 14.3. The van der Waals surface area contributed by atoms with Crippen LogP contribution in [0.3, 0.4) is 0 Å². The number of imidazole rings is 3. The Bertz CT molecular complexity index is 4330. The minimum atomic E-state index is 0.540. The van der Waals surface area contributed by atoms with E-state index in [4.69, 9.17) is 32.6 Å². The number of fused-ring (bicyclic) bond motifs is 21. The molecule has 0 atom stereocenters. The highest BCUT2D eigenvalue weighted by atomic mass is 16.5. The molecule has 0 bridgehead atoms. The van der Waals surface area contributed by atoms with Crippen molar-refractivity contribution in [2.24, 2.45) is 0 Å². The molecule has 21 rings (SSSR count). The van der Waals surface area contributed by atoms with Crippen molar-refractivity contribution in [3.05, 3.63) is 234 Å². The number of hydrogen-bond acceptors (Lipinski definition) is 22. The molecule has 0 saturated heterocycles. The topological polar surface area (TPSA) is 288 Å². The van der Waals surface area contributed by atoms with Crippen LogP contribution in [-0.4, -0.2) is 141 Å². The third-order valence-corrected chi connectivity index (χ3v) is 14.1. The maximum absolute atomic E-state index is 5.40. The van der Waals surface area contributed by atoms with Gasteiger partial charge in [0, 0.05) is 92.4 Å². The van der Waals surface area contributed by atoms with Gasteiger partial charge < -0.3 is 41.7 Å². The standard InChI is InChI=1S/2C9H6BN3O.C9H6BN2O.2C8H5BN4O.2C8H5BN3O.14C2H6/c1-3-12-9-7-2-4-11-6-8(7)14-10-13(9)5-1;1-3-7-8-11-5-2-6-13(8)10-14-9(7)12-4-1;1-2-4-8-7(3-1)12-6-5-11-9(12)10-13-8;1-2-11-8-7-6(4-10-5-12-7)14-9-13(8)3-1;1-2-11-7-6-4-10-5-12-8(6)14-9-13(7)3-1;1-2-10-5-6-7(1)13-9-8-11-3-4-12(6)8;1-2-6-7(10-3-1)12-5-4-11-8(12)9-13-6;14*1-2/h2*1-6H;1-6H;2*1-5H;2*1-5H;14*1-2H3/q2*+1;;2*+1;;;;;;;;;;;;;;;;. The summed E-state index contributed by atoms with van der Waals surface area (Å²) in [6.07, 6.45) is 41.9. The van der Waals surface area contributed by atoms with Gasteiger partial charge in [-0.3, -0.25) is 32.4 Å². The number of hydrogen-bond donors (Lipinski definition) is 0. The van der Waals surface area contributed by atoms with Crippen molar-refractivity contribution in [2.75, 3.05) is 0 Å². The molecule has 0 unspecified atom stereocenters. The minimum absolute atomic E-state index is 0.540. The Balaban J connectivity index is 0.000000684. The van der Waals surface area contributed by atoms with E-state index in [1.165, 1.54) is 12.7 Å². The van der Waals surface area contributed by atoms with Crippen molar-refractivity contribution in [1.29, 1.82) is 0 Å². The van der Waals surface area contributed by atoms with Gasteiger partial charge in [-0.2, -0.15) is 0 Å². The third-order valence-electron chi connectivity index (χ3n) is 14.1. The third kappa shape index (κ3) is 30.9. The number of aromatic nitrogens is 22. The lowest BCUT2D eigenvalue weighted by molar-refractivity contribution is -0.532. The molecule has 7 aliphatic rings. The van der Waals surface area contributed by atoms with Crippen LogP contribution in [0.4, 0.5) is 0 Å². The van der Waals surface area contributed by atoms with Gasteiger partial charge in [0.15, 0.2) is 17.3 Å². The van der Waals surface area contributed by atoms with Crippen molar-refractivity contribution in [2.45, 2.75) is 194 Å². The molecule has 29 nitrogen and oxygen atoms in total. The largest absolute Gasteiger partial charge is 0.681 e. The van der Waals surface area contributed by atoms with E-state index < -0.39 is 0 Å². The predicted molar refractivity (Wildman–Crippen MR) is 497 cm³/mol. The second kappa shape index (κ2) is 66.7. The number of nitrogens with zero attached hydrogens (tertiary/aromatic N) is 22. The average Bonchev–Trinajstić information content (AvgIpc) is 1.69. The lowest BCUT2D eigenvalue weighted by atomic mass is 9.97. The molecule has 0 saturated carbocycles. The van der Waals surface area contributed by atoms with Crippen molar-refractivity contribution in [3.63, 3.8) is 0 Å². The zero-order valence-electron chi connectivity index (χ0n) is 77.2. The van der Waals surface area contributed by atoms with Crippen molar-refractivity contribution < 1.29 is 50.5 Å². The minimum Gasteiger partial charge on any atom is -0.554 e. The van der Waals surface area contributed by atoms with Crippen LogP contribution < -0.4 is 67.7 Å². The van der Waals surface area contributed by atoms with E-state index in [1.807, 2.05) is 345 Å². The first-order valence-corrected chi connectivity index (χ1v) is 42.7. The maximum Gasteiger partial charge on any atom is 0.681 e. The maximum atomic E-state index is 5.40. The normalized spacial score (nSPS) is 10.0. The Morgan fingerprint density at radius 3 is 1.21 bits per heavy atom. The van der Waals surface area contributed by atoms with Gasteiger partial charge in [0.05, 0.1) is 49.1 Å². The van der Waals surface area contributed by atoms with Crippen molar-refractivity contribution in [1.82, 2.24) is 88.5 Å². The van der Waals surface area contributed by atoms with E-state index in [-0.39, 0.29) is 0 Å². The summed E-state index contributed by atoms with van der Waals surface area (Å²) in [6.45, 7) is 56.0. The van der Waals surface area contributed by atoms with E-state index in [1.54, 1.807) is 155 Å². The van der Waals surface area contributed by atoms with E-state index in [0.717, 1.165) is 97.3 Å². The number of pyridine rings is 4. The molecule has 13 aromatic heterocycles. The van der Waals surface area contributed by atoms with Crippen LogP contribution in [0.25, 0.3) is 62.9 Å². The molecular weight excluding hydrogens is 1540 g/mol. The fourth-order valence-corrected chi connectivity index (χ4v) is 9.78. The van der Waals surface area contributed by atoms with Gasteiger partial charge in [-0.05, 0) is 53.5 Å². The van der Waals surface area contributed by atoms with Gasteiger partial charge in [-0.25, -0.2) is 44.9 Å². The quantitative estimate of drug-likeness (QED) is 0.127. The Kier molecular flexibility index (Phi) is 58.6. The smallest absolute Gasteiger partial charge is 0.554 e. The average molecular weight is 1660 g/mol. The highest BCUT2D eigenvalue weighted by Crippen LogP contribution is 2.30. The number of para-hydroxylation sites is 2. The van der Waals surface area contributed by atoms with Gasteiger partial charge in [0.25, 0.3) is 0 Å². The molecule has 20 heterocycles. The molecule has 0 aliphatic carbocycles. The number of benzene rings is 1. The Labute approximate surface area is 736 Å². The molecule has 1 aromatic carbocycles. The lowest BCUT2D eigenvalue weighted by Crippen LogP contribution is -2.48. The summed E-state index contributed by atoms with van der Waals surface area (Å²) in [5, 5.41) is 0. The van der Waals surface area contributed by atoms with Crippen LogP contribution in [0.2, 0.25) is 0 Å². The molecule has 14 aromatic rings. The van der Waals surface area contributed by atoms with Gasteiger partial charge in [-0.15, -0.1) is 0 Å². The molecule has 123 heavy (non-hydrogen) atoms. The van der Waals surface area contributed by atoms with E-state index in [2.05, 4.69) is 74.8 Å². The molecule has 36 heteroatoms. The summed E-state index contributed by atoms with van der Waals surface area (Å²) in [6, 6.07) is 26.5. The molecule has 7 aliphatic heterocycles. The zero-order chi connectivity index (χ0) is 91.5. The van der Waals surface area contributed by atoms with E-state index >= 15 is 0 Å². The second-order valence-electron chi connectivity index (χ2n) is 19.8. The van der Waals surface area contributed by atoms with Crippen LogP contribution in [-0.2, 0) is 0 Å². The van der Waals surface area contributed by atoms with Crippen LogP contribution >= 0.6 is 0 Å². The molecule has 7 radical (unpaired) electrons.